The maximum Gasteiger partial charge on any atom is 0.170 e. The summed E-state index contributed by atoms with van der Waals surface area (Å²) in [5.74, 6) is 0. The molecule has 0 atom stereocenters. The largest absolute Gasteiger partial charge is 0.302 e. The molecule has 0 fully saturated rings. The van der Waals surface area contributed by atoms with Crippen LogP contribution in [0.15, 0.2) is 30.6 Å². The fourth-order valence-corrected chi connectivity index (χ4v) is 2.15. The van der Waals surface area contributed by atoms with Crippen LogP contribution in [0.1, 0.15) is 21.7 Å². The van der Waals surface area contributed by atoms with Crippen LogP contribution >= 0.6 is 0 Å². The third kappa shape index (κ3) is 1.13. The molecule has 74 valence electrons. The lowest BCUT2D eigenvalue weighted by molar-refractivity contribution is 0.111. The number of aromatic nitrogens is 2. The van der Waals surface area contributed by atoms with Crippen molar-refractivity contribution in [1.82, 2.24) is 9.55 Å². The summed E-state index contributed by atoms with van der Waals surface area (Å²) in [7, 11) is 0. The highest BCUT2D eigenvalue weighted by molar-refractivity contribution is 5.74. The number of hydrogen-bond donors (Lipinski definition) is 0. The molecule has 15 heavy (non-hydrogen) atoms. The zero-order chi connectivity index (χ0) is 10.3. The number of para-hydroxylation sites is 1. The van der Waals surface area contributed by atoms with Gasteiger partial charge in [0.2, 0.25) is 0 Å². The van der Waals surface area contributed by atoms with E-state index in [9.17, 15) is 4.79 Å². The van der Waals surface area contributed by atoms with E-state index in [0.717, 1.165) is 30.5 Å². The number of benzene rings is 1. The minimum atomic E-state index is 0.574. The van der Waals surface area contributed by atoms with Gasteiger partial charge in [-0.3, -0.25) is 4.79 Å². The van der Waals surface area contributed by atoms with Gasteiger partial charge in [0.05, 0.1) is 5.69 Å². The third-order valence-corrected chi connectivity index (χ3v) is 2.89. The van der Waals surface area contributed by atoms with Crippen molar-refractivity contribution >= 4 is 6.29 Å². The molecule has 0 radical (unpaired) electrons. The zero-order valence-corrected chi connectivity index (χ0v) is 8.18. The van der Waals surface area contributed by atoms with Crippen LogP contribution < -0.4 is 0 Å². The molecule has 3 nitrogen and oxygen atoms in total. The summed E-state index contributed by atoms with van der Waals surface area (Å²) in [6, 6.07) is 8.24. The average Bonchev–Trinajstić information content (AvgIpc) is 2.72. The lowest BCUT2D eigenvalue weighted by atomic mass is 10.0. The minimum absolute atomic E-state index is 0.574. The molecule has 2 aromatic rings. The zero-order valence-electron chi connectivity index (χ0n) is 8.18. The summed E-state index contributed by atoms with van der Waals surface area (Å²) in [6.07, 6.45) is 4.45. The Morgan fingerprint density at radius 3 is 3.00 bits per heavy atom. The Labute approximate surface area is 87.4 Å². The quantitative estimate of drug-likeness (QED) is 0.655. The Bertz CT molecular complexity index is 528. The van der Waals surface area contributed by atoms with Crippen molar-refractivity contribution in [3.63, 3.8) is 0 Å². The van der Waals surface area contributed by atoms with Crippen LogP contribution in [0.2, 0.25) is 0 Å². The van der Waals surface area contributed by atoms with Crippen LogP contribution in [0.3, 0.4) is 0 Å². The molecule has 1 aromatic carbocycles. The number of carbonyl (C=O) groups excluding carboxylic acids is 1. The second-order valence-electron chi connectivity index (χ2n) is 3.69. The lowest BCUT2D eigenvalue weighted by Gasteiger charge is -2.18. The number of imidazole rings is 1. The van der Waals surface area contributed by atoms with Crippen molar-refractivity contribution in [2.75, 3.05) is 0 Å². The molecule has 2 heterocycles. The van der Waals surface area contributed by atoms with Crippen molar-refractivity contribution in [3.05, 3.63) is 47.5 Å². The van der Waals surface area contributed by atoms with E-state index in [1.165, 1.54) is 5.56 Å². The Morgan fingerprint density at radius 2 is 2.13 bits per heavy atom. The summed E-state index contributed by atoms with van der Waals surface area (Å²) in [5.41, 5.74) is 4.08. The summed E-state index contributed by atoms with van der Waals surface area (Å²) in [4.78, 5) is 14.9. The van der Waals surface area contributed by atoms with Gasteiger partial charge in [-0.25, -0.2) is 4.98 Å². The first-order chi connectivity index (χ1) is 7.40. The molecule has 3 rings (SSSR count). The highest BCUT2D eigenvalue weighted by atomic mass is 16.1. The predicted octanol–water partition coefficient (Wildman–Crippen LogP) is 1.78. The lowest BCUT2D eigenvalue weighted by Crippen LogP contribution is -2.11. The van der Waals surface area contributed by atoms with Gasteiger partial charge in [0.25, 0.3) is 0 Å². The number of rotatable bonds is 1. The molecule has 0 unspecified atom stereocenters. The predicted molar refractivity (Wildman–Crippen MR) is 56.4 cm³/mol. The number of fused-ring (bicyclic) bond motifs is 3. The fraction of sp³-hybridized carbons (Fsp3) is 0.167. The number of aldehydes is 1. The first kappa shape index (κ1) is 8.41. The van der Waals surface area contributed by atoms with Gasteiger partial charge >= 0.3 is 0 Å². The molecule has 0 saturated heterocycles. The number of hydrogen-bond acceptors (Lipinski definition) is 2. The fourth-order valence-electron chi connectivity index (χ4n) is 2.15. The van der Waals surface area contributed by atoms with Gasteiger partial charge in [-0.05, 0) is 24.5 Å². The molecule has 1 aliphatic heterocycles. The first-order valence-corrected chi connectivity index (χ1v) is 5.00. The molecule has 0 bridgehead atoms. The molecule has 0 aliphatic carbocycles. The van der Waals surface area contributed by atoms with E-state index in [2.05, 4.69) is 17.1 Å². The Balaban J connectivity index is 2.26. The summed E-state index contributed by atoms with van der Waals surface area (Å²) >= 11 is 0. The van der Waals surface area contributed by atoms with Crippen LogP contribution in [-0.2, 0) is 12.8 Å². The molecule has 1 aliphatic rings. The Morgan fingerprint density at radius 1 is 1.27 bits per heavy atom. The second-order valence-corrected chi connectivity index (χ2v) is 3.69. The standard InChI is InChI=1S/C12H10N2O/c15-7-10-12-6-5-9-3-1-2-4-11(9)14(12)8-13-10/h1-4,7-8H,5-6H2. The van der Waals surface area contributed by atoms with E-state index in [-0.39, 0.29) is 0 Å². The van der Waals surface area contributed by atoms with Crippen molar-refractivity contribution < 1.29 is 4.79 Å². The van der Waals surface area contributed by atoms with E-state index < -0.39 is 0 Å². The maximum atomic E-state index is 10.8. The third-order valence-electron chi connectivity index (χ3n) is 2.89. The highest BCUT2D eigenvalue weighted by Gasteiger charge is 2.18. The molecule has 0 N–H and O–H groups in total. The summed E-state index contributed by atoms with van der Waals surface area (Å²) in [5, 5.41) is 0. The van der Waals surface area contributed by atoms with Crippen LogP contribution in [0.4, 0.5) is 0 Å². The molecular formula is C12H10N2O. The smallest absolute Gasteiger partial charge is 0.170 e. The molecule has 1 aromatic heterocycles. The van der Waals surface area contributed by atoms with Gasteiger partial charge in [0.1, 0.15) is 12.0 Å². The molecule has 0 amide bonds. The van der Waals surface area contributed by atoms with Gasteiger partial charge in [-0.2, -0.15) is 0 Å². The average molecular weight is 198 g/mol. The van der Waals surface area contributed by atoms with E-state index in [1.807, 2.05) is 16.7 Å². The topological polar surface area (TPSA) is 34.9 Å². The van der Waals surface area contributed by atoms with Crippen LogP contribution in [0, 0.1) is 0 Å². The molecule has 0 saturated carbocycles. The highest BCUT2D eigenvalue weighted by Crippen LogP contribution is 2.25. The number of nitrogens with zero attached hydrogens (tertiary/aromatic N) is 2. The second kappa shape index (κ2) is 3.05. The monoisotopic (exact) mass is 198 g/mol. The first-order valence-electron chi connectivity index (χ1n) is 5.00. The minimum Gasteiger partial charge on any atom is -0.302 e. The number of aryl methyl sites for hydroxylation is 1. The van der Waals surface area contributed by atoms with Crippen molar-refractivity contribution in [3.8, 4) is 5.69 Å². The SMILES string of the molecule is O=Cc1ncn2c1CCc1ccccc1-2. The van der Waals surface area contributed by atoms with Gasteiger partial charge in [0.15, 0.2) is 6.29 Å². The van der Waals surface area contributed by atoms with Crippen molar-refractivity contribution in [1.29, 1.82) is 0 Å². The number of carbonyl (C=O) groups is 1. The van der Waals surface area contributed by atoms with Crippen molar-refractivity contribution in [2.45, 2.75) is 12.8 Å². The normalized spacial score (nSPS) is 13.1. The van der Waals surface area contributed by atoms with Gasteiger partial charge in [-0.1, -0.05) is 18.2 Å². The van der Waals surface area contributed by atoms with E-state index in [0.29, 0.717) is 5.69 Å². The van der Waals surface area contributed by atoms with Gasteiger partial charge in [-0.15, -0.1) is 0 Å². The van der Waals surface area contributed by atoms with Gasteiger partial charge in [0, 0.05) is 5.69 Å². The van der Waals surface area contributed by atoms with Crippen molar-refractivity contribution in [2.24, 2.45) is 0 Å². The van der Waals surface area contributed by atoms with Gasteiger partial charge < -0.3 is 4.57 Å². The summed E-state index contributed by atoms with van der Waals surface area (Å²) in [6.45, 7) is 0. The Hall–Kier alpha value is -1.90. The van der Waals surface area contributed by atoms with Crippen LogP contribution in [-0.4, -0.2) is 15.8 Å². The maximum absolute atomic E-state index is 10.8. The molecule has 0 spiro atoms. The van der Waals surface area contributed by atoms with E-state index >= 15 is 0 Å². The van der Waals surface area contributed by atoms with Crippen LogP contribution in [0.5, 0.6) is 0 Å². The van der Waals surface area contributed by atoms with Crippen LogP contribution in [0.25, 0.3) is 5.69 Å². The van der Waals surface area contributed by atoms with E-state index in [4.69, 9.17) is 0 Å². The Kier molecular flexibility index (Phi) is 1.71. The van der Waals surface area contributed by atoms with E-state index in [1.54, 1.807) is 6.33 Å². The summed E-state index contributed by atoms with van der Waals surface area (Å²) < 4.78 is 2.02. The molecular weight excluding hydrogens is 188 g/mol. The molecule has 3 heteroatoms.